The molecule has 6 heteroatoms. The largest absolute Gasteiger partial charge is 0.379 e. The van der Waals surface area contributed by atoms with E-state index in [-0.39, 0.29) is 0 Å². The third kappa shape index (κ3) is 15.4. The number of rotatable bonds is 0. The van der Waals surface area contributed by atoms with Gasteiger partial charge in [0.25, 0.3) is 0 Å². The van der Waals surface area contributed by atoms with E-state index in [1.165, 1.54) is 71.4 Å². The Morgan fingerprint density at radius 2 is 0.852 bits per heavy atom. The Balaban J connectivity index is 0.000000180. The van der Waals surface area contributed by atoms with E-state index in [1.54, 1.807) is 0 Å². The van der Waals surface area contributed by atoms with E-state index in [0.717, 1.165) is 39.4 Å². The van der Waals surface area contributed by atoms with Crippen LogP contribution in [0.3, 0.4) is 0 Å². The van der Waals surface area contributed by atoms with Crippen molar-refractivity contribution in [2.45, 2.75) is 32.1 Å². The van der Waals surface area contributed by atoms with Crippen LogP contribution in [-0.2, 0) is 4.74 Å². The summed E-state index contributed by atoms with van der Waals surface area (Å²) in [4.78, 5) is 9.35. The van der Waals surface area contributed by atoms with Gasteiger partial charge in [0.2, 0.25) is 0 Å². The first-order chi connectivity index (χ1) is 13.1. The molecule has 6 nitrogen and oxygen atoms in total. The average molecular weight is 386 g/mol. The lowest BCUT2D eigenvalue weighted by Gasteiger charge is -2.21. The number of piperazine rings is 1. The van der Waals surface area contributed by atoms with Crippen molar-refractivity contribution < 1.29 is 4.74 Å². The highest BCUT2D eigenvalue weighted by molar-refractivity contribution is 4.62. The third-order valence-electron chi connectivity index (χ3n) is 5.48. The van der Waals surface area contributed by atoms with Gasteiger partial charge in [0.1, 0.15) is 0 Å². The van der Waals surface area contributed by atoms with Crippen molar-refractivity contribution in [3.8, 4) is 0 Å². The van der Waals surface area contributed by atoms with Gasteiger partial charge in [-0.3, -0.25) is 0 Å². The standard InChI is InChI=1S/C6H13N.C5H12N2.C5H11NO.C5H11N/c1-7-5-3-2-4-6-7;1-7-4-2-6-3-5-7;1-6-2-4-7-5-3-6;1-6-4-2-3-5-6/h2-6H2,1H3;6H,2-5H2,1H3;2-5H2,1H3;2-5H2,1H3. The van der Waals surface area contributed by atoms with Gasteiger partial charge in [0, 0.05) is 39.3 Å². The van der Waals surface area contributed by atoms with E-state index >= 15 is 0 Å². The van der Waals surface area contributed by atoms with Crippen LogP contribution in [0.2, 0.25) is 0 Å². The number of piperidine rings is 1. The van der Waals surface area contributed by atoms with Gasteiger partial charge in [0.15, 0.2) is 0 Å². The topological polar surface area (TPSA) is 34.2 Å². The summed E-state index contributed by atoms with van der Waals surface area (Å²) in [7, 11) is 8.63. The zero-order valence-corrected chi connectivity index (χ0v) is 18.7. The van der Waals surface area contributed by atoms with E-state index in [2.05, 4.69) is 53.1 Å². The van der Waals surface area contributed by atoms with Gasteiger partial charge in [-0.05, 0) is 80.1 Å². The van der Waals surface area contributed by atoms with Gasteiger partial charge in [-0.15, -0.1) is 0 Å². The maximum absolute atomic E-state index is 5.10. The minimum atomic E-state index is 0.913. The number of likely N-dealkylation sites (N-methyl/N-ethyl adjacent to an activating group) is 2. The van der Waals surface area contributed by atoms with E-state index in [0.29, 0.717) is 0 Å². The molecule has 0 atom stereocenters. The molecule has 0 radical (unpaired) electrons. The molecule has 4 saturated heterocycles. The van der Waals surface area contributed by atoms with Crippen LogP contribution in [0.5, 0.6) is 0 Å². The predicted octanol–water partition coefficient (Wildman–Crippen LogP) is 1.28. The quantitative estimate of drug-likeness (QED) is 0.677. The summed E-state index contributed by atoms with van der Waals surface area (Å²) in [5, 5.41) is 3.27. The summed E-state index contributed by atoms with van der Waals surface area (Å²) in [5.41, 5.74) is 0. The maximum atomic E-state index is 5.10. The van der Waals surface area contributed by atoms with Crippen molar-refractivity contribution in [3.05, 3.63) is 0 Å². The molecular weight excluding hydrogens is 338 g/mol. The van der Waals surface area contributed by atoms with Crippen molar-refractivity contribution in [1.29, 1.82) is 0 Å². The Bertz CT molecular complexity index is 270. The first-order valence-corrected chi connectivity index (χ1v) is 11.1. The Morgan fingerprint density at radius 1 is 0.481 bits per heavy atom. The Labute approximate surface area is 169 Å². The molecule has 0 aromatic heterocycles. The van der Waals surface area contributed by atoms with E-state index in [1.807, 2.05) is 0 Å². The molecule has 0 amide bonds. The van der Waals surface area contributed by atoms with Gasteiger partial charge in [-0.1, -0.05) is 6.42 Å². The normalized spacial score (nSPS) is 25.3. The molecule has 0 unspecified atom stereocenters. The lowest BCUT2D eigenvalue weighted by atomic mass is 10.1. The first-order valence-electron chi connectivity index (χ1n) is 11.1. The number of morpholine rings is 1. The number of likely N-dealkylation sites (tertiary alicyclic amines) is 2. The molecule has 4 rings (SSSR count). The summed E-state index contributed by atoms with van der Waals surface area (Å²) >= 11 is 0. The van der Waals surface area contributed by atoms with Crippen LogP contribution in [0.1, 0.15) is 32.1 Å². The third-order valence-corrected chi connectivity index (χ3v) is 5.48. The predicted molar refractivity (Wildman–Crippen MR) is 117 cm³/mol. The van der Waals surface area contributed by atoms with Gasteiger partial charge >= 0.3 is 0 Å². The smallest absolute Gasteiger partial charge is 0.0594 e. The molecule has 0 spiro atoms. The minimum Gasteiger partial charge on any atom is -0.379 e. The number of hydrogen-bond donors (Lipinski definition) is 1. The van der Waals surface area contributed by atoms with Crippen LogP contribution in [0.4, 0.5) is 0 Å². The van der Waals surface area contributed by atoms with Crippen LogP contribution < -0.4 is 5.32 Å². The number of nitrogens with one attached hydrogen (secondary N) is 1. The Kier molecular flexibility index (Phi) is 15.3. The number of hydrogen-bond acceptors (Lipinski definition) is 6. The fraction of sp³-hybridized carbons (Fsp3) is 1.00. The Morgan fingerprint density at radius 3 is 1.07 bits per heavy atom. The molecule has 0 aromatic rings. The van der Waals surface area contributed by atoms with Gasteiger partial charge in [-0.25, -0.2) is 0 Å². The van der Waals surface area contributed by atoms with Crippen LogP contribution in [0.25, 0.3) is 0 Å². The molecule has 0 aliphatic carbocycles. The lowest BCUT2D eigenvalue weighted by Crippen LogP contribution is -2.40. The summed E-state index contributed by atoms with van der Waals surface area (Å²) in [6.07, 6.45) is 7.10. The zero-order valence-electron chi connectivity index (χ0n) is 18.7. The van der Waals surface area contributed by atoms with Crippen LogP contribution in [0.15, 0.2) is 0 Å². The second-order valence-electron chi connectivity index (χ2n) is 8.34. The average Bonchev–Trinajstić information content (AvgIpc) is 3.16. The fourth-order valence-electron chi connectivity index (χ4n) is 3.36. The molecule has 27 heavy (non-hydrogen) atoms. The zero-order chi connectivity index (χ0) is 19.7. The monoisotopic (exact) mass is 385 g/mol. The van der Waals surface area contributed by atoms with Crippen LogP contribution in [0, 0.1) is 0 Å². The Hall–Kier alpha value is -0.240. The van der Waals surface area contributed by atoms with E-state index in [4.69, 9.17) is 4.74 Å². The molecule has 0 saturated carbocycles. The highest BCUT2D eigenvalue weighted by atomic mass is 16.5. The number of ether oxygens (including phenoxy) is 1. The molecule has 4 aliphatic rings. The molecule has 0 bridgehead atoms. The van der Waals surface area contributed by atoms with E-state index < -0.39 is 0 Å². The van der Waals surface area contributed by atoms with Gasteiger partial charge in [-0.2, -0.15) is 0 Å². The maximum Gasteiger partial charge on any atom is 0.0594 e. The molecule has 162 valence electrons. The lowest BCUT2D eigenvalue weighted by molar-refractivity contribution is 0.0503. The summed E-state index contributed by atoms with van der Waals surface area (Å²) in [6, 6.07) is 0. The van der Waals surface area contributed by atoms with Crippen molar-refractivity contribution >= 4 is 0 Å². The van der Waals surface area contributed by atoms with Crippen LogP contribution >= 0.6 is 0 Å². The number of nitrogens with zero attached hydrogens (tertiary/aromatic N) is 4. The highest BCUT2D eigenvalue weighted by Gasteiger charge is 2.04. The van der Waals surface area contributed by atoms with E-state index in [9.17, 15) is 0 Å². The van der Waals surface area contributed by atoms with Gasteiger partial charge < -0.3 is 29.7 Å². The molecule has 0 aromatic carbocycles. The highest BCUT2D eigenvalue weighted by Crippen LogP contribution is 2.04. The van der Waals surface area contributed by atoms with Crippen molar-refractivity contribution in [2.75, 3.05) is 107 Å². The minimum absolute atomic E-state index is 0.913. The molecule has 4 heterocycles. The molecular formula is C21H47N5O. The summed E-state index contributed by atoms with van der Waals surface area (Å²) < 4.78 is 5.10. The molecule has 4 aliphatic heterocycles. The summed E-state index contributed by atoms with van der Waals surface area (Å²) in [6.45, 7) is 14.0. The molecule has 4 fully saturated rings. The fourth-order valence-corrected chi connectivity index (χ4v) is 3.36. The SMILES string of the molecule is CN1CCCC1.CN1CCCCC1.CN1CCNCC1.CN1CCOCC1. The van der Waals surface area contributed by atoms with Crippen LogP contribution in [-0.4, -0.2) is 126 Å². The first kappa shape index (κ1) is 24.8. The van der Waals surface area contributed by atoms with Crippen molar-refractivity contribution in [2.24, 2.45) is 0 Å². The van der Waals surface area contributed by atoms with Crippen molar-refractivity contribution in [1.82, 2.24) is 24.9 Å². The van der Waals surface area contributed by atoms with Gasteiger partial charge in [0.05, 0.1) is 13.2 Å². The summed E-state index contributed by atoms with van der Waals surface area (Å²) in [5.74, 6) is 0. The van der Waals surface area contributed by atoms with Crippen molar-refractivity contribution in [3.63, 3.8) is 0 Å². The molecule has 1 N–H and O–H groups in total. The second-order valence-corrected chi connectivity index (χ2v) is 8.34. The second kappa shape index (κ2) is 16.7.